The van der Waals surface area contributed by atoms with Gasteiger partial charge in [-0.25, -0.2) is 0 Å². The molecule has 144 valence electrons. The number of hydrogen-bond acceptors (Lipinski definition) is 3. The van der Waals surface area contributed by atoms with Gasteiger partial charge in [-0.15, -0.1) is 0 Å². The van der Waals surface area contributed by atoms with Crippen LogP contribution in [0.5, 0.6) is 0 Å². The zero-order valence-corrected chi connectivity index (χ0v) is 14.6. The molecule has 2 N–H and O–H groups in total. The molecule has 5 nitrogen and oxygen atoms in total. The fraction of sp³-hybridized carbons (Fsp3) is 0.150. The summed E-state index contributed by atoms with van der Waals surface area (Å²) in [6.45, 7) is 0.323. The predicted octanol–water partition coefficient (Wildman–Crippen LogP) is 3.45. The lowest BCUT2D eigenvalue weighted by molar-refractivity contribution is -0.167. The zero-order valence-electron chi connectivity index (χ0n) is 14.6. The quantitative estimate of drug-likeness (QED) is 0.588. The van der Waals surface area contributed by atoms with Gasteiger partial charge in [-0.3, -0.25) is 9.59 Å². The lowest BCUT2D eigenvalue weighted by Crippen LogP contribution is -2.29. The first-order valence-electron chi connectivity index (χ1n) is 8.22. The van der Waals surface area contributed by atoms with Crippen LogP contribution in [0.2, 0.25) is 0 Å². The van der Waals surface area contributed by atoms with Gasteiger partial charge in [0.15, 0.2) is 0 Å². The number of hydrogen-bond donors (Lipinski definition) is 2. The van der Waals surface area contributed by atoms with Gasteiger partial charge in [0.05, 0.1) is 0 Å². The molecule has 0 atom stereocenters. The molecule has 28 heavy (non-hydrogen) atoms. The van der Waals surface area contributed by atoms with E-state index in [1.54, 1.807) is 11.4 Å². The van der Waals surface area contributed by atoms with Gasteiger partial charge in [0.2, 0.25) is 0 Å². The van der Waals surface area contributed by atoms with Crippen LogP contribution >= 0.6 is 0 Å². The van der Waals surface area contributed by atoms with Crippen molar-refractivity contribution in [3.63, 3.8) is 0 Å². The number of alkyl halides is 3. The number of nitrogens with one attached hydrogen (secondary N) is 2. The summed E-state index contributed by atoms with van der Waals surface area (Å²) in [5.74, 6) is -2.70. The molecule has 2 rings (SSSR count). The molecule has 0 radical (unpaired) electrons. The third-order valence-electron chi connectivity index (χ3n) is 3.62. The van der Waals surface area contributed by atoms with Crippen LogP contribution in [-0.4, -0.2) is 24.5 Å². The zero-order chi connectivity index (χ0) is 20.6. The Labute approximate surface area is 159 Å². The van der Waals surface area contributed by atoms with E-state index in [2.05, 4.69) is 5.32 Å². The minimum absolute atomic E-state index is 0.0992. The van der Waals surface area contributed by atoms with Gasteiger partial charge in [-0.1, -0.05) is 42.5 Å². The molecule has 0 heterocycles. The maximum atomic E-state index is 12.3. The average Bonchev–Trinajstić information content (AvgIpc) is 2.66. The summed E-state index contributed by atoms with van der Waals surface area (Å²) in [4.78, 5) is 23.1. The molecular formula is C20H16F3N3O2. The van der Waals surface area contributed by atoms with E-state index in [1.165, 1.54) is 30.3 Å². The molecule has 0 aliphatic rings. The van der Waals surface area contributed by atoms with E-state index in [9.17, 15) is 28.0 Å². The second kappa shape index (κ2) is 9.37. The van der Waals surface area contributed by atoms with Crippen molar-refractivity contribution in [1.82, 2.24) is 5.32 Å². The first-order chi connectivity index (χ1) is 13.3. The number of amides is 2. The lowest BCUT2D eigenvalue weighted by atomic mass is 10.1. The molecule has 2 aromatic rings. The van der Waals surface area contributed by atoms with Crippen molar-refractivity contribution in [3.8, 4) is 6.07 Å². The monoisotopic (exact) mass is 387 g/mol. The molecular weight excluding hydrogens is 371 g/mol. The smallest absolute Gasteiger partial charge is 0.351 e. The van der Waals surface area contributed by atoms with Gasteiger partial charge in [-0.05, 0) is 35.8 Å². The van der Waals surface area contributed by atoms with Crippen molar-refractivity contribution >= 4 is 23.6 Å². The number of carbonyl (C=O) groups is 2. The van der Waals surface area contributed by atoms with Crippen LogP contribution in [-0.2, 0) is 16.0 Å². The normalized spacial score (nSPS) is 11.4. The summed E-state index contributed by atoms with van der Waals surface area (Å²) >= 11 is 0. The van der Waals surface area contributed by atoms with Crippen molar-refractivity contribution in [2.24, 2.45) is 0 Å². The van der Waals surface area contributed by atoms with Gasteiger partial charge in [0.1, 0.15) is 11.6 Å². The summed E-state index contributed by atoms with van der Waals surface area (Å²) in [6, 6.07) is 16.6. The molecule has 8 heteroatoms. The largest absolute Gasteiger partial charge is 0.471 e. The Morgan fingerprint density at radius 1 is 1.07 bits per heavy atom. The van der Waals surface area contributed by atoms with Crippen molar-refractivity contribution in [3.05, 3.63) is 71.3 Å². The van der Waals surface area contributed by atoms with E-state index < -0.39 is 18.0 Å². The summed E-state index contributed by atoms with van der Waals surface area (Å²) in [5, 5.41) is 13.5. The van der Waals surface area contributed by atoms with Gasteiger partial charge in [0, 0.05) is 12.2 Å². The van der Waals surface area contributed by atoms with Crippen molar-refractivity contribution < 1.29 is 22.8 Å². The lowest BCUT2D eigenvalue weighted by Gasteiger charge is -2.08. The Balaban J connectivity index is 2.03. The van der Waals surface area contributed by atoms with Crippen LogP contribution in [0.4, 0.5) is 18.9 Å². The van der Waals surface area contributed by atoms with Gasteiger partial charge < -0.3 is 10.6 Å². The molecule has 0 fully saturated rings. The Hall–Kier alpha value is -3.60. The van der Waals surface area contributed by atoms with Crippen LogP contribution in [0.25, 0.3) is 6.08 Å². The van der Waals surface area contributed by atoms with Gasteiger partial charge in [-0.2, -0.15) is 18.4 Å². The molecule has 0 bridgehead atoms. The number of rotatable bonds is 6. The van der Waals surface area contributed by atoms with Crippen LogP contribution in [0.15, 0.2) is 60.2 Å². The number of carbonyl (C=O) groups excluding carboxylic acids is 2. The van der Waals surface area contributed by atoms with Gasteiger partial charge in [0.25, 0.3) is 5.91 Å². The predicted molar refractivity (Wildman–Crippen MR) is 97.9 cm³/mol. The first-order valence-corrected chi connectivity index (χ1v) is 8.22. The van der Waals surface area contributed by atoms with Crippen LogP contribution in [0.3, 0.4) is 0 Å². The SMILES string of the molecule is N#C/C(=C\c1cccc(NC(=O)C(F)(F)F)c1)C(=O)NCCc1ccccc1. The van der Waals surface area contributed by atoms with Gasteiger partial charge >= 0.3 is 12.1 Å². The standard InChI is InChI=1S/C20H16F3N3O2/c21-20(22,23)19(28)26-17-8-4-7-15(12-17)11-16(13-24)18(27)25-10-9-14-5-2-1-3-6-14/h1-8,11-12H,9-10H2,(H,25,27)(H,26,28)/b16-11+. The summed E-state index contributed by atoms with van der Waals surface area (Å²) in [7, 11) is 0. The summed E-state index contributed by atoms with van der Waals surface area (Å²) in [6.07, 6.45) is -3.19. The number of nitrogens with zero attached hydrogens (tertiary/aromatic N) is 1. The third-order valence-corrected chi connectivity index (χ3v) is 3.62. The minimum Gasteiger partial charge on any atom is -0.351 e. The molecule has 0 unspecified atom stereocenters. The fourth-order valence-corrected chi connectivity index (χ4v) is 2.28. The molecule has 0 aromatic heterocycles. The Bertz CT molecular complexity index is 916. The molecule has 0 saturated heterocycles. The van der Waals surface area contributed by atoms with Crippen molar-refractivity contribution in [2.75, 3.05) is 11.9 Å². The van der Waals surface area contributed by atoms with Crippen molar-refractivity contribution in [2.45, 2.75) is 12.6 Å². The molecule has 2 amide bonds. The van der Waals surface area contributed by atoms with E-state index in [-0.39, 0.29) is 11.3 Å². The summed E-state index contributed by atoms with van der Waals surface area (Å²) < 4.78 is 37.0. The van der Waals surface area contributed by atoms with Crippen molar-refractivity contribution in [1.29, 1.82) is 5.26 Å². The van der Waals surface area contributed by atoms with Crippen LogP contribution < -0.4 is 10.6 Å². The summed E-state index contributed by atoms with van der Waals surface area (Å²) in [5.41, 5.74) is 1.03. The topological polar surface area (TPSA) is 82.0 Å². The number of nitriles is 1. The van der Waals surface area contributed by atoms with E-state index >= 15 is 0 Å². The first kappa shape index (κ1) is 20.7. The number of halogens is 3. The highest BCUT2D eigenvalue weighted by molar-refractivity contribution is 6.02. The maximum Gasteiger partial charge on any atom is 0.471 e. The number of anilines is 1. The highest BCUT2D eigenvalue weighted by Crippen LogP contribution is 2.19. The third kappa shape index (κ3) is 6.29. The Morgan fingerprint density at radius 3 is 2.43 bits per heavy atom. The van der Waals surface area contributed by atoms with E-state index in [1.807, 2.05) is 30.3 Å². The Morgan fingerprint density at radius 2 is 1.79 bits per heavy atom. The second-order valence-electron chi connectivity index (χ2n) is 5.74. The maximum absolute atomic E-state index is 12.3. The fourth-order valence-electron chi connectivity index (χ4n) is 2.28. The van der Waals surface area contributed by atoms with Crippen LogP contribution in [0, 0.1) is 11.3 Å². The molecule has 0 spiro atoms. The van der Waals surface area contributed by atoms with E-state index in [4.69, 9.17) is 0 Å². The molecule has 0 aliphatic carbocycles. The Kier molecular flexibility index (Phi) is 6.93. The molecule has 0 saturated carbocycles. The van der Waals surface area contributed by atoms with Crippen LogP contribution in [0.1, 0.15) is 11.1 Å². The minimum atomic E-state index is -5.01. The van der Waals surface area contributed by atoms with E-state index in [0.29, 0.717) is 18.5 Å². The molecule has 0 aliphatic heterocycles. The number of benzene rings is 2. The second-order valence-corrected chi connectivity index (χ2v) is 5.74. The highest BCUT2D eigenvalue weighted by Gasteiger charge is 2.38. The average molecular weight is 387 g/mol. The van der Waals surface area contributed by atoms with E-state index in [0.717, 1.165) is 5.56 Å². The highest BCUT2D eigenvalue weighted by atomic mass is 19.4. The molecule has 2 aromatic carbocycles.